The van der Waals surface area contributed by atoms with Crippen molar-refractivity contribution in [3.8, 4) is 0 Å². The summed E-state index contributed by atoms with van der Waals surface area (Å²) in [5.74, 6) is 0.486. The van der Waals surface area contributed by atoms with Gasteiger partial charge in [-0.3, -0.25) is 4.79 Å². The van der Waals surface area contributed by atoms with Crippen LogP contribution in [-0.2, 0) is 14.8 Å². The molecule has 5 heteroatoms. The first-order valence-corrected chi connectivity index (χ1v) is 9.69. The lowest BCUT2D eigenvalue weighted by molar-refractivity contribution is -0.126. The van der Waals surface area contributed by atoms with Crippen molar-refractivity contribution in [3.05, 3.63) is 0 Å². The van der Waals surface area contributed by atoms with Crippen LogP contribution in [0.1, 0.15) is 64.7 Å². The number of hydrogen-bond donors (Lipinski definition) is 0. The number of ketones is 1. The van der Waals surface area contributed by atoms with Gasteiger partial charge in [-0.2, -0.15) is 4.31 Å². The molecule has 2 unspecified atom stereocenters. The van der Waals surface area contributed by atoms with Gasteiger partial charge in [0.05, 0.1) is 5.75 Å². The molecule has 2 atom stereocenters. The second-order valence-corrected chi connectivity index (χ2v) is 8.20. The van der Waals surface area contributed by atoms with Crippen molar-refractivity contribution in [1.29, 1.82) is 0 Å². The van der Waals surface area contributed by atoms with Gasteiger partial charge in [-0.05, 0) is 32.1 Å². The highest BCUT2D eigenvalue weighted by atomic mass is 32.2. The molecular weight excluding hydrogens is 274 g/mol. The van der Waals surface area contributed by atoms with E-state index in [1.807, 2.05) is 6.92 Å². The molecule has 1 saturated carbocycles. The molecule has 1 aliphatic carbocycles. The van der Waals surface area contributed by atoms with Crippen molar-refractivity contribution in [2.45, 2.75) is 70.8 Å². The fourth-order valence-corrected chi connectivity index (χ4v) is 5.50. The van der Waals surface area contributed by atoms with Crippen LogP contribution in [-0.4, -0.2) is 36.8 Å². The summed E-state index contributed by atoms with van der Waals surface area (Å²) in [6.07, 6.45) is 8.01. The van der Waals surface area contributed by atoms with Crippen LogP contribution < -0.4 is 0 Å². The lowest BCUT2D eigenvalue weighted by Gasteiger charge is -2.40. The third-order valence-electron chi connectivity index (χ3n) is 4.68. The minimum absolute atomic E-state index is 0.0412. The van der Waals surface area contributed by atoms with Crippen molar-refractivity contribution in [1.82, 2.24) is 4.31 Å². The lowest BCUT2D eigenvalue weighted by Crippen LogP contribution is -2.50. The molecule has 1 aliphatic heterocycles. The van der Waals surface area contributed by atoms with E-state index in [0.717, 1.165) is 44.9 Å². The van der Waals surface area contributed by atoms with Gasteiger partial charge in [0, 0.05) is 24.9 Å². The molecule has 0 bridgehead atoms. The topological polar surface area (TPSA) is 54.5 Å². The molecular formula is C15H27NO3S. The summed E-state index contributed by atoms with van der Waals surface area (Å²) < 4.78 is 26.7. The fourth-order valence-electron chi connectivity index (χ4n) is 3.54. The highest BCUT2D eigenvalue weighted by Crippen LogP contribution is 2.33. The highest BCUT2D eigenvalue weighted by molar-refractivity contribution is 7.89. The third kappa shape index (κ3) is 3.61. The largest absolute Gasteiger partial charge is 0.299 e. The predicted octanol–water partition coefficient (Wildman–Crippen LogP) is 2.73. The Balaban J connectivity index is 2.14. The van der Waals surface area contributed by atoms with Crippen molar-refractivity contribution in [2.24, 2.45) is 5.92 Å². The molecule has 2 fully saturated rings. The second-order valence-electron chi connectivity index (χ2n) is 6.16. The van der Waals surface area contributed by atoms with E-state index < -0.39 is 10.0 Å². The van der Waals surface area contributed by atoms with Gasteiger partial charge in [-0.1, -0.05) is 26.2 Å². The average molecular weight is 301 g/mol. The zero-order valence-corrected chi connectivity index (χ0v) is 13.3. The van der Waals surface area contributed by atoms with E-state index in [1.165, 1.54) is 0 Å². The summed E-state index contributed by atoms with van der Waals surface area (Å²) in [6.45, 7) is 2.62. The summed E-state index contributed by atoms with van der Waals surface area (Å²) in [4.78, 5) is 12.2. The SMILES string of the molecule is CCCCS(=O)(=O)N1CCCCC1C1CCCCC1=O. The van der Waals surface area contributed by atoms with Crippen LogP contribution in [0.3, 0.4) is 0 Å². The molecule has 0 aromatic heterocycles. The number of unbranched alkanes of at least 4 members (excludes halogenated alkanes) is 1. The number of sulfonamides is 1. The number of piperidine rings is 1. The second kappa shape index (κ2) is 7.03. The van der Waals surface area contributed by atoms with Crippen molar-refractivity contribution in [3.63, 3.8) is 0 Å². The lowest BCUT2D eigenvalue weighted by atomic mass is 9.80. The normalized spacial score (nSPS) is 29.6. The zero-order valence-electron chi connectivity index (χ0n) is 12.5. The Kier molecular flexibility index (Phi) is 5.61. The molecule has 20 heavy (non-hydrogen) atoms. The molecule has 0 aromatic rings. The summed E-state index contributed by atoms with van der Waals surface area (Å²) in [7, 11) is -3.19. The van der Waals surface area contributed by atoms with Gasteiger partial charge in [-0.25, -0.2) is 8.42 Å². The van der Waals surface area contributed by atoms with Crippen LogP contribution in [0.4, 0.5) is 0 Å². The quantitative estimate of drug-likeness (QED) is 0.784. The molecule has 4 nitrogen and oxygen atoms in total. The number of carbonyl (C=O) groups excluding carboxylic acids is 1. The minimum atomic E-state index is -3.19. The number of Topliss-reactive ketones (excluding diaryl/α,β-unsaturated/α-hetero) is 1. The average Bonchev–Trinajstić information content (AvgIpc) is 2.46. The monoisotopic (exact) mass is 301 g/mol. The van der Waals surface area contributed by atoms with Crippen LogP contribution in [0, 0.1) is 5.92 Å². The Hall–Kier alpha value is -0.420. The van der Waals surface area contributed by atoms with Gasteiger partial charge < -0.3 is 0 Å². The van der Waals surface area contributed by atoms with Crippen molar-refractivity contribution in [2.75, 3.05) is 12.3 Å². The minimum Gasteiger partial charge on any atom is -0.299 e. The smallest absolute Gasteiger partial charge is 0.214 e. The van der Waals surface area contributed by atoms with Crippen molar-refractivity contribution >= 4 is 15.8 Å². The van der Waals surface area contributed by atoms with Gasteiger partial charge in [0.1, 0.15) is 5.78 Å². The standard InChI is InChI=1S/C15H27NO3S/c1-2-3-12-20(18,19)16-11-7-6-9-14(16)13-8-4-5-10-15(13)17/h13-14H,2-12H2,1H3. The molecule has 0 N–H and O–H groups in total. The molecule has 0 radical (unpaired) electrons. The molecule has 2 rings (SSSR count). The van der Waals surface area contributed by atoms with Gasteiger partial charge in [0.25, 0.3) is 0 Å². The first-order valence-electron chi connectivity index (χ1n) is 8.08. The number of nitrogens with zero attached hydrogens (tertiary/aromatic N) is 1. The van der Waals surface area contributed by atoms with Crippen LogP contribution in [0.5, 0.6) is 0 Å². The third-order valence-corrected chi connectivity index (χ3v) is 6.65. The predicted molar refractivity (Wildman–Crippen MR) is 80.0 cm³/mol. The van der Waals surface area contributed by atoms with Crippen LogP contribution >= 0.6 is 0 Å². The summed E-state index contributed by atoms with van der Waals surface area (Å²) in [5.41, 5.74) is 0. The highest BCUT2D eigenvalue weighted by Gasteiger charge is 2.40. The number of rotatable bonds is 5. The first kappa shape index (κ1) is 16.0. The van der Waals surface area contributed by atoms with Gasteiger partial charge >= 0.3 is 0 Å². The Morgan fingerprint density at radius 1 is 1.15 bits per heavy atom. The van der Waals surface area contributed by atoms with E-state index in [1.54, 1.807) is 4.31 Å². The Labute approximate surface area is 123 Å². The first-order chi connectivity index (χ1) is 9.56. The number of carbonyl (C=O) groups is 1. The fraction of sp³-hybridized carbons (Fsp3) is 0.933. The Morgan fingerprint density at radius 2 is 1.90 bits per heavy atom. The van der Waals surface area contributed by atoms with Crippen LogP contribution in [0.2, 0.25) is 0 Å². The van der Waals surface area contributed by atoms with Gasteiger partial charge in [0.15, 0.2) is 0 Å². The molecule has 0 spiro atoms. The van der Waals surface area contributed by atoms with E-state index in [0.29, 0.717) is 25.2 Å². The summed E-state index contributed by atoms with van der Waals surface area (Å²) in [5, 5.41) is 0. The van der Waals surface area contributed by atoms with Crippen molar-refractivity contribution < 1.29 is 13.2 Å². The maximum Gasteiger partial charge on any atom is 0.214 e. The van der Waals surface area contributed by atoms with E-state index in [2.05, 4.69) is 0 Å². The maximum atomic E-state index is 12.5. The van der Waals surface area contributed by atoms with Gasteiger partial charge in [-0.15, -0.1) is 0 Å². The molecule has 1 heterocycles. The Bertz CT molecular complexity index is 432. The molecule has 116 valence electrons. The summed E-state index contributed by atoms with van der Waals surface area (Å²) >= 11 is 0. The molecule has 1 saturated heterocycles. The van der Waals surface area contributed by atoms with E-state index in [-0.39, 0.29) is 17.7 Å². The van der Waals surface area contributed by atoms with Crippen LogP contribution in [0.15, 0.2) is 0 Å². The summed E-state index contributed by atoms with van der Waals surface area (Å²) in [6, 6.07) is -0.0570. The van der Waals surface area contributed by atoms with E-state index in [4.69, 9.17) is 0 Å². The zero-order chi connectivity index (χ0) is 14.6. The van der Waals surface area contributed by atoms with E-state index in [9.17, 15) is 13.2 Å². The van der Waals surface area contributed by atoms with Crippen LogP contribution in [0.25, 0.3) is 0 Å². The van der Waals surface area contributed by atoms with Gasteiger partial charge in [0.2, 0.25) is 10.0 Å². The molecule has 0 aromatic carbocycles. The van der Waals surface area contributed by atoms with E-state index >= 15 is 0 Å². The number of hydrogen-bond acceptors (Lipinski definition) is 3. The molecule has 2 aliphatic rings. The maximum absolute atomic E-state index is 12.5. The molecule has 0 amide bonds. The Morgan fingerprint density at radius 3 is 2.60 bits per heavy atom.